The molecule has 0 radical (unpaired) electrons. The molecule has 0 aliphatic carbocycles. The van der Waals surface area contributed by atoms with E-state index in [9.17, 15) is 14.0 Å². The van der Waals surface area contributed by atoms with Crippen molar-refractivity contribution in [3.63, 3.8) is 0 Å². The second-order valence-electron chi connectivity index (χ2n) is 3.82. The summed E-state index contributed by atoms with van der Waals surface area (Å²) in [5, 5.41) is 9.57. The summed E-state index contributed by atoms with van der Waals surface area (Å²) in [5.74, 6) is -1.52. The largest absolute Gasteiger partial charge is 0.480 e. The van der Waals surface area contributed by atoms with Gasteiger partial charge in [0, 0.05) is 26.1 Å². The minimum absolute atomic E-state index is 0.00651. The van der Waals surface area contributed by atoms with Gasteiger partial charge in [0.05, 0.1) is 0 Å². The average molecular weight is 250 g/mol. The molecule has 0 spiro atoms. The standard InChI is InChI=1S/C9H19FN4O3/c1-14(5-9(16)17)13-8(15)3-7(12)2-6(10)4-11/h6-7H,2-5,11-12H2,1H3,(H,13,15)(H,16,17)/t6?,7-/m1/s1. The first kappa shape index (κ1) is 15.8. The predicted molar refractivity (Wildman–Crippen MR) is 59.6 cm³/mol. The lowest BCUT2D eigenvalue weighted by molar-refractivity contribution is -0.139. The minimum Gasteiger partial charge on any atom is -0.480 e. The molecule has 0 saturated carbocycles. The molecule has 100 valence electrons. The molecule has 0 rings (SSSR count). The monoisotopic (exact) mass is 250 g/mol. The summed E-state index contributed by atoms with van der Waals surface area (Å²) in [4.78, 5) is 21.7. The molecule has 2 atom stereocenters. The van der Waals surface area contributed by atoms with E-state index in [1.54, 1.807) is 0 Å². The number of carboxylic acid groups (broad SMARTS) is 1. The fourth-order valence-corrected chi connectivity index (χ4v) is 1.25. The minimum atomic E-state index is -1.23. The molecular weight excluding hydrogens is 231 g/mol. The molecule has 7 nitrogen and oxygen atoms in total. The van der Waals surface area contributed by atoms with E-state index in [1.807, 2.05) is 0 Å². The molecule has 0 aromatic rings. The number of likely N-dealkylation sites (N-methyl/N-ethyl adjacent to an activating group) is 1. The molecule has 6 N–H and O–H groups in total. The molecule has 0 saturated heterocycles. The van der Waals surface area contributed by atoms with Crippen molar-refractivity contribution in [2.45, 2.75) is 25.1 Å². The van der Waals surface area contributed by atoms with Gasteiger partial charge in [-0.25, -0.2) is 9.40 Å². The second-order valence-corrected chi connectivity index (χ2v) is 3.82. The molecule has 0 aromatic heterocycles. The van der Waals surface area contributed by atoms with Crippen molar-refractivity contribution in [2.24, 2.45) is 11.5 Å². The third kappa shape index (κ3) is 8.55. The highest BCUT2D eigenvalue weighted by Crippen LogP contribution is 2.02. The molecule has 0 aromatic carbocycles. The van der Waals surface area contributed by atoms with Gasteiger partial charge in [-0.3, -0.25) is 15.0 Å². The van der Waals surface area contributed by atoms with Crippen molar-refractivity contribution in [2.75, 3.05) is 20.1 Å². The summed E-state index contributed by atoms with van der Waals surface area (Å²) in [6, 6.07) is -0.633. The molecule has 0 fully saturated rings. The second kappa shape index (κ2) is 7.93. The smallest absolute Gasteiger partial charge is 0.319 e. The van der Waals surface area contributed by atoms with Crippen molar-refractivity contribution < 1.29 is 19.1 Å². The Morgan fingerprint density at radius 1 is 1.53 bits per heavy atom. The molecule has 0 heterocycles. The fraction of sp³-hybridized carbons (Fsp3) is 0.778. The number of hydrogen-bond acceptors (Lipinski definition) is 5. The number of amides is 1. The Labute approximate surface area is 98.9 Å². The van der Waals surface area contributed by atoms with Crippen molar-refractivity contribution in [3.8, 4) is 0 Å². The highest BCUT2D eigenvalue weighted by atomic mass is 19.1. The van der Waals surface area contributed by atoms with E-state index in [0.29, 0.717) is 0 Å². The van der Waals surface area contributed by atoms with Crippen LogP contribution in [0, 0.1) is 0 Å². The van der Waals surface area contributed by atoms with Crippen molar-refractivity contribution >= 4 is 11.9 Å². The first-order valence-corrected chi connectivity index (χ1v) is 5.17. The number of hydrazine groups is 1. The maximum atomic E-state index is 12.8. The zero-order valence-corrected chi connectivity index (χ0v) is 9.73. The van der Waals surface area contributed by atoms with Crippen molar-refractivity contribution in [1.29, 1.82) is 0 Å². The SMILES string of the molecule is CN(CC(=O)O)NC(=O)C[C@H](N)CC(F)CN. The Morgan fingerprint density at radius 2 is 2.12 bits per heavy atom. The normalized spacial score (nSPS) is 14.4. The van der Waals surface area contributed by atoms with Gasteiger partial charge in [-0.05, 0) is 6.42 Å². The van der Waals surface area contributed by atoms with Crippen LogP contribution in [0.1, 0.15) is 12.8 Å². The quantitative estimate of drug-likeness (QED) is 0.386. The van der Waals surface area contributed by atoms with Gasteiger partial charge in [0.25, 0.3) is 0 Å². The Morgan fingerprint density at radius 3 is 2.59 bits per heavy atom. The zero-order chi connectivity index (χ0) is 13.4. The molecule has 0 bridgehead atoms. The number of carbonyl (C=O) groups is 2. The zero-order valence-electron chi connectivity index (χ0n) is 9.73. The maximum Gasteiger partial charge on any atom is 0.319 e. The van der Waals surface area contributed by atoms with E-state index >= 15 is 0 Å². The van der Waals surface area contributed by atoms with Gasteiger partial charge in [0.1, 0.15) is 12.7 Å². The number of halogens is 1. The van der Waals surface area contributed by atoms with Gasteiger partial charge >= 0.3 is 5.97 Å². The van der Waals surface area contributed by atoms with Crippen LogP contribution < -0.4 is 16.9 Å². The van der Waals surface area contributed by atoms with Gasteiger partial charge in [-0.1, -0.05) is 0 Å². The Balaban J connectivity index is 3.88. The van der Waals surface area contributed by atoms with E-state index in [4.69, 9.17) is 16.6 Å². The van der Waals surface area contributed by atoms with Gasteiger partial charge < -0.3 is 16.6 Å². The van der Waals surface area contributed by atoms with Gasteiger partial charge in [0.15, 0.2) is 0 Å². The lowest BCUT2D eigenvalue weighted by atomic mass is 10.1. The average Bonchev–Trinajstić information content (AvgIpc) is 2.14. The molecule has 1 unspecified atom stereocenters. The number of nitrogens with two attached hydrogens (primary N) is 2. The number of carbonyl (C=O) groups excluding carboxylic acids is 1. The summed E-state index contributed by atoms with van der Waals surface area (Å²) >= 11 is 0. The fourth-order valence-electron chi connectivity index (χ4n) is 1.25. The van der Waals surface area contributed by atoms with E-state index in [0.717, 1.165) is 5.01 Å². The van der Waals surface area contributed by atoms with Crippen LogP contribution in [0.4, 0.5) is 4.39 Å². The van der Waals surface area contributed by atoms with Gasteiger partial charge in [-0.2, -0.15) is 0 Å². The lowest BCUT2D eigenvalue weighted by Gasteiger charge is -2.18. The molecular formula is C9H19FN4O3. The van der Waals surface area contributed by atoms with Crippen molar-refractivity contribution in [3.05, 3.63) is 0 Å². The van der Waals surface area contributed by atoms with Crippen LogP contribution in [0.25, 0.3) is 0 Å². The summed E-state index contributed by atoms with van der Waals surface area (Å²) in [7, 11) is 1.41. The highest BCUT2D eigenvalue weighted by Gasteiger charge is 2.16. The molecule has 1 amide bonds. The van der Waals surface area contributed by atoms with Crippen LogP contribution in [-0.4, -0.2) is 54.3 Å². The number of nitrogens with one attached hydrogen (secondary N) is 1. The Hall–Kier alpha value is -1.25. The van der Waals surface area contributed by atoms with E-state index < -0.39 is 24.1 Å². The maximum absolute atomic E-state index is 12.8. The highest BCUT2D eigenvalue weighted by molar-refractivity contribution is 5.76. The molecule has 0 aliphatic rings. The number of aliphatic carboxylic acids is 1. The summed E-state index contributed by atoms with van der Waals surface area (Å²) in [6.45, 7) is -0.455. The Kier molecular flexibility index (Phi) is 7.35. The van der Waals surface area contributed by atoms with Crippen LogP contribution in [0.3, 0.4) is 0 Å². The molecule has 17 heavy (non-hydrogen) atoms. The number of alkyl halides is 1. The number of nitrogens with zero attached hydrogens (tertiary/aromatic N) is 1. The van der Waals surface area contributed by atoms with Crippen LogP contribution in [0.15, 0.2) is 0 Å². The third-order valence-corrected chi connectivity index (χ3v) is 1.95. The first-order chi connectivity index (χ1) is 7.85. The summed E-state index contributed by atoms with van der Waals surface area (Å²) in [5.41, 5.74) is 12.9. The van der Waals surface area contributed by atoms with Crippen molar-refractivity contribution in [1.82, 2.24) is 10.4 Å². The molecule has 0 aliphatic heterocycles. The first-order valence-electron chi connectivity index (χ1n) is 5.17. The number of hydrogen-bond donors (Lipinski definition) is 4. The lowest BCUT2D eigenvalue weighted by Crippen LogP contribution is -2.44. The van der Waals surface area contributed by atoms with E-state index in [-0.39, 0.29) is 25.9 Å². The number of rotatable bonds is 8. The summed E-state index contributed by atoms with van der Waals surface area (Å²) in [6.07, 6.45) is -1.30. The summed E-state index contributed by atoms with van der Waals surface area (Å²) < 4.78 is 12.8. The predicted octanol–water partition coefficient (Wildman–Crippen LogP) is -1.56. The van der Waals surface area contributed by atoms with Crippen LogP contribution >= 0.6 is 0 Å². The van der Waals surface area contributed by atoms with Crippen LogP contribution in [0.2, 0.25) is 0 Å². The van der Waals surface area contributed by atoms with Gasteiger partial charge in [-0.15, -0.1) is 0 Å². The molecule has 8 heteroatoms. The Bertz CT molecular complexity index is 265. The van der Waals surface area contributed by atoms with Crippen LogP contribution in [-0.2, 0) is 9.59 Å². The van der Waals surface area contributed by atoms with E-state index in [2.05, 4.69) is 5.43 Å². The van der Waals surface area contributed by atoms with Gasteiger partial charge in [0.2, 0.25) is 5.91 Å². The van der Waals surface area contributed by atoms with Crippen LogP contribution in [0.5, 0.6) is 0 Å². The number of carboxylic acids is 1. The topological polar surface area (TPSA) is 122 Å². The third-order valence-electron chi connectivity index (χ3n) is 1.95. The van der Waals surface area contributed by atoms with E-state index in [1.165, 1.54) is 7.05 Å².